The third kappa shape index (κ3) is 2.09. The molecule has 1 unspecified atom stereocenters. The number of nitrogens with two attached hydrogens (primary N) is 1. The van der Waals surface area contributed by atoms with E-state index < -0.39 is 6.04 Å². The Morgan fingerprint density at radius 1 is 1.46 bits per heavy atom. The molecule has 0 aliphatic carbocycles. The molecule has 0 aliphatic rings. The normalized spacial score (nSPS) is 13.3. The van der Waals surface area contributed by atoms with Crippen molar-refractivity contribution < 1.29 is 4.79 Å². The Labute approximate surface area is 76.1 Å². The molecular formula is C7H13N5O. The van der Waals surface area contributed by atoms with E-state index in [9.17, 15) is 4.79 Å². The maximum atomic E-state index is 11.3. The molecule has 1 atom stereocenters. The van der Waals surface area contributed by atoms with Crippen molar-refractivity contribution in [2.45, 2.75) is 32.9 Å². The van der Waals surface area contributed by atoms with E-state index in [0.717, 1.165) is 0 Å². The highest BCUT2D eigenvalue weighted by Crippen LogP contribution is 1.99. The predicted octanol–water partition coefficient (Wildman–Crippen LogP) is -0.216. The minimum absolute atomic E-state index is 0.0868. The number of Topliss-reactive ketones (excluding diaryl/α,β-unsaturated/α-hetero) is 1. The number of nitrogens with zero attached hydrogens (tertiary/aromatic N) is 4. The first-order valence-corrected chi connectivity index (χ1v) is 4.11. The molecule has 0 spiro atoms. The van der Waals surface area contributed by atoms with Gasteiger partial charge >= 0.3 is 0 Å². The van der Waals surface area contributed by atoms with Gasteiger partial charge in [0.2, 0.25) is 11.6 Å². The summed E-state index contributed by atoms with van der Waals surface area (Å²) in [5.74, 6) is -0.199. The van der Waals surface area contributed by atoms with Crippen LogP contribution in [0.1, 0.15) is 37.4 Å². The van der Waals surface area contributed by atoms with E-state index in [1.54, 1.807) is 6.92 Å². The van der Waals surface area contributed by atoms with Gasteiger partial charge in [0, 0.05) is 0 Å². The van der Waals surface area contributed by atoms with Gasteiger partial charge in [0.05, 0.1) is 12.1 Å². The number of rotatable bonds is 3. The molecule has 0 aromatic carbocycles. The molecule has 1 aromatic rings. The monoisotopic (exact) mass is 183 g/mol. The lowest BCUT2D eigenvalue weighted by Gasteiger charge is -2.00. The van der Waals surface area contributed by atoms with Crippen molar-refractivity contribution in [3.8, 4) is 0 Å². The lowest BCUT2D eigenvalue weighted by molar-refractivity contribution is 0.0957. The van der Waals surface area contributed by atoms with Crippen LogP contribution in [0.15, 0.2) is 0 Å². The lowest BCUT2D eigenvalue weighted by atomic mass is 10.2. The van der Waals surface area contributed by atoms with Crippen molar-refractivity contribution in [2.24, 2.45) is 5.73 Å². The number of carbonyl (C=O) groups excluding carboxylic acids is 1. The molecule has 13 heavy (non-hydrogen) atoms. The molecule has 1 aromatic heterocycles. The molecule has 6 heteroatoms. The summed E-state index contributed by atoms with van der Waals surface area (Å²) < 4.78 is 0. The standard InChI is InChI=1S/C7H13N5O/c1-4(2)12-10-7(9-11-12)6(13)5(3)8/h4-5H,8H2,1-3H3. The third-order valence-electron chi connectivity index (χ3n) is 1.52. The van der Waals surface area contributed by atoms with Crippen LogP contribution in [0.2, 0.25) is 0 Å². The smallest absolute Gasteiger partial charge is 0.242 e. The number of aromatic nitrogens is 4. The minimum atomic E-state index is -0.579. The van der Waals surface area contributed by atoms with Gasteiger partial charge in [-0.15, -0.1) is 10.2 Å². The summed E-state index contributed by atoms with van der Waals surface area (Å²) in [5.41, 5.74) is 5.39. The number of carbonyl (C=O) groups is 1. The first-order chi connectivity index (χ1) is 6.02. The summed E-state index contributed by atoms with van der Waals surface area (Å²) >= 11 is 0. The van der Waals surface area contributed by atoms with Crippen LogP contribution in [-0.2, 0) is 0 Å². The summed E-state index contributed by atoms with van der Waals surface area (Å²) in [4.78, 5) is 12.7. The Balaban J connectivity index is 2.86. The van der Waals surface area contributed by atoms with Crippen molar-refractivity contribution in [1.82, 2.24) is 20.2 Å². The van der Waals surface area contributed by atoms with Gasteiger partial charge in [-0.25, -0.2) is 0 Å². The Kier molecular flexibility index (Phi) is 2.72. The number of hydrogen-bond acceptors (Lipinski definition) is 5. The Hall–Kier alpha value is -1.30. The number of ketones is 1. The van der Waals surface area contributed by atoms with E-state index >= 15 is 0 Å². The fourth-order valence-corrected chi connectivity index (χ4v) is 0.746. The van der Waals surface area contributed by atoms with Crippen LogP contribution in [0.4, 0.5) is 0 Å². The van der Waals surface area contributed by atoms with E-state index in [1.165, 1.54) is 4.80 Å². The SMILES string of the molecule is CC(N)C(=O)c1nnn(C(C)C)n1. The summed E-state index contributed by atoms with van der Waals surface area (Å²) in [6.07, 6.45) is 0. The maximum absolute atomic E-state index is 11.3. The lowest BCUT2D eigenvalue weighted by Crippen LogP contribution is -2.27. The largest absolute Gasteiger partial charge is 0.321 e. The first-order valence-electron chi connectivity index (χ1n) is 4.11. The Morgan fingerprint density at radius 3 is 2.46 bits per heavy atom. The van der Waals surface area contributed by atoms with Gasteiger partial charge in [-0.2, -0.15) is 4.80 Å². The molecule has 0 amide bonds. The van der Waals surface area contributed by atoms with Gasteiger partial charge in [-0.1, -0.05) is 0 Å². The van der Waals surface area contributed by atoms with Gasteiger partial charge < -0.3 is 5.73 Å². The van der Waals surface area contributed by atoms with Crippen molar-refractivity contribution in [3.05, 3.63) is 5.82 Å². The van der Waals surface area contributed by atoms with Crippen LogP contribution in [0, 0.1) is 0 Å². The summed E-state index contributed by atoms with van der Waals surface area (Å²) in [5, 5.41) is 11.2. The van der Waals surface area contributed by atoms with Crippen LogP contribution in [0.5, 0.6) is 0 Å². The maximum Gasteiger partial charge on any atom is 0.242 e. The zero-order chi connectivity index (χ0) is 10.0. The molecule has 6 nitrogen and oxygen atoms in total. The highest BCUT2D eigenvalue weighted by atomic mass is 16.1. The second-order valence-corrected chi connectivity index (χ2v) is 3.18. The summed E-state index contributed by atoms with van der Waals surface area (Å²) in [6.45, 7) is 5.40. The van der Waals surface area contributed by atoms with Crippen LogP contribution in [0.25, 0.3) is 0 Å². The summed E-state index contributed by atoms with van der Waals surface area (Å²) in [6, 6.07) is -0.480. The molecule has 0 saturated heterocycles. The highest BCUT2D eigenvalue weighted by molar-refractivity contribution is 5.96. The Bertz CT molecular complexity index is 304. The second kappa shape index (κ2) is 3.61. The molecular weight excluding hydrogens is 170 g/mol. The second-order valence-electron chi connectivity index (χ2n) is 3.18. The highest BCUT2D eigenvalue weighted by Gasteiger charge is 2.17. The number of hydrogen-bond donors (Lipinski definition) is 1. The van der Waals surface area contributed by atoms with E-state index in [4.69, 9.17) is 5.73 Å². The molecule has 0 radical (unpaired) electrons. The first kappa shape index (κ1) is 9.79. The van der Waals surface area contributed by atoms with Crippen molar-refractivity contribution in [1.29, 1.82) is 0 Å². The topological polar surface area (TPSA) is 86.7 Å². The van der Waals surface area contributed by atoms with Crippen molar-refractivity contribution in [2.75, 3.05) is 0 Å². The van der Waals surface area contributed by atoms with Gasteiger partial charge in [-0.05, 0) is 26.0 Å². The fraction of sp³-hybridized carbons (Fsp3) is 0.714. The van der Waals surface area contributed by atoms with E-state index in [0.29, 0.717) is 0 Å². The molecule has 0 saturated carbocycles. The third-order valence-corrected chi connectivity index (χ3v) is 1.52. The fourth-order valence-electron chi connectivity index (χ4n) is 0.746. The molecule has 1 heterocycles. The van der Waals surface area contributed by atoms with E-state index in [2.05, 4.69) is 15.4 Å². The molecule has 2 N–H and O–H groups in total. The molecule has 0 fully saturated rings. The zero-order valence-corrected chi connectivity index (χ0v) is 7.93. The predicted molar refractivity (Wildman–Crippen MR) is 46.2 cm³/mol. The van der Waals surface area contributed by atoms with Crippen LogP contribution in [-0.4, -0.2) is 32.0 Å². The molecule has 0 aliphatic heterocycles. The van der Waals surface area contributed by atoms with Gasteiger partial charge in [0.25, 0.3) is 0 Å². The van der Waals surface area contributed by atoms with Crippen LogP contribution >= 0.6 is 0 Å². The minimum Gasteiger partial charge on any atom is -0.321 e. The number of tetrazole rings is 1. The van der Waals surface area contributed by atoms with Crippen molar-refractivity contribution >= 4 is 5.78 Å². The van der Waals surface area contributed by atoms with Gasteiger partial charge in [0.15, 0.2) is 0 Å². The molecule has 0 bridgehead atoms. The van der Waals surface area contributed by atoms with Gasteiger partial charge in [-0.3, -0.25) is 4.79 Å². The van der Waals surface area contributed by atoms with E-state index in [1.807, 2.05) is 13.8 Å². The summed E-state index contributed by atoms with van der Waals surface area (Å²) in [7, 11) is 0. The molecule has 72 valence electrons. The average Bonchev–Trinajstić information content (AvgIpc) is 2.50. The van der Waals surface area contributed by atoms with Crippen LogP contribution in [0.3, 0.4) is 0 Å². The zero-order valence-electron chi connectivity index (χ0n) is 7.93. The average molecular weight is 183 g/mol. The van der Waals surface area contributed by atoms with E-state index in [-0.39, 0.29) is 17.6 Å². The van der Waals surface area contributed by atoms with Crippen LogP contribution < -0.4 is 5.73 Å². The van der Waals surface area contributed by atoms with Crippen molar-refractivity contribution in [3.63, 3.8) is 0 Å². The quantitative estimate of drug-likeness (QED) is 0.655. The Morgan fingerprint density at radius 2 is 2.08 bits per heavy atom. The van der Waals surface area contributed by atoms with Gasteiger partial charge in [0.1, 0.15) is 0 Å². The molecule has 1 rings (SSSR count).